The Morgan fingerprint density at radius 3 is 2.64 bits per heavy atom. The third kappa shape index (κ3) is 2.42. The minimum atomic E-state index is 0.812. The molecule has 1 N–H and O–H groups in total. The van der Waals surface area contributed by atoms with Gasteiger partial charge in [-0.05, 0) is 20.9 Å². The van der Waals surface area contributed by atoms with Gasteiger partial charge in [0.2, 0.25) is 0 Å². The summed E-state index contributed by atoms with van der Waals surface area (Å²) >= 11 is 0. The van der Waals surface area contributed by atoms with Crippen molar-refractivity contribution in [3.05, 3.63) is 18.1 Å². The summed E-state index contributed by atoms with van der Waals surface area (Å²) in [5.74, 6) is 1.04. The van der Waals surface area contributed by atoms with E-state index in [1.807, 2.05) is 13.2 Å². The summed E-state index contributed by atoms with van der Waals surface area (Å²) in [7, 11) is 1.93. The Hall–Kier alpha value is -1.16. The molecule has 1 rings (SSSR count). The summed E-state index contributed by atoms with van der Waals surface area (Å²) in [6.45, 7) is 7.03. The molecule has 0 aromatic carbocycles. The van der Waals surface area contributed by atoms with Crippen LogP contribution >= 0.6 is 0 Å². The van der Waals surface area contributed by atoms with Crippen molar-refractivity contribution in [3.8, 4) is 0 Å². The van der Waals surface area contributed by atoms with Gasteiger partial charge in [0.05, 0.1) is 0 Å². The fourth-order valence-corrected chi connectivity index (χ4v) is 1.48. The highest BCUT2D eigenvalue weighted by Crippen LogP contribution is 2.14. The molecule has 0 unspecified atom stereocenters. The Labute approximate surface area is 85.4 Å². The van der Waals surface area contributed by atoms with Gasteiger partial charge in [-0.1, -0.05) is 0 Å². The summed E-state index contributed by atoms with van der Waals surface area (Å²) in [4.78, 5) is 10.6. The van der Waals surface area contributed by atoms with E-state index in [2.05, 4.69) is 34.0 Å². The number of anilines is 1. The smallest absolute Gasteiger partial charge is 0.136 e. The van der Waals surface area contributed by atoms with Gasteiger partial charge in [0.25, 0.3) is 0 Å². The molecule has 0 amide bonds. The molecule has 1 aromatic rings. The molecule has 0 aliphatic rings. The first kappa shape index (κ1) is 10.9. The number of hydrogen-bond donors (Lipinski definition) is 1. The van der Waals surface area contributed by atoms with Crippen LogP contribution in [-0.2, 0) is 6.54 Å². The topological polar surface area (TPSA) is 41.1 Å². The highest BCUT2D eigenvalue weighted by atomic mass is 15.2. The second kappa shape index (κ2) is 5.54. The Morgan fingerprint density at radius 1 is 1.36 bits per heavy atom. The van der Waals surface area contributed by atoms with E-state index in [-0.39, 0.29) is 0 Å². The fraction of sp³-hybridized carbons (Fsp3) is 0.600. The van der Waals surface area contributed by atoms with Crippen molar-refractivity contribution in [2.24, 2.45) is 0 Å². The highest BCUT2D eigenvalue weighted by Gasteiger charge is 2.08. The van der Waals surface area contributed by atoms with E-state index in [9.17, 15) is 0 Å². The van der Waals surface area contributed by atoms with Crippen molar-refractivity contribution in [1.29, 1.82) is 0 Å². The maximum Gasteiger partial charge on any atom is 0.136 e. The summed E-state index contributed by atoms with van der Waals surface area (Å²) < 4.78 is 0. The van der Waals surface area contributed by atoms with Crippen LogP contribution in [0.3, 0.4) is 0 Å². The number of aromatic nitrogens is 2. The molecule has 0 aliphatic carbocycles. The summed E-state index contributed by atoms with van der Waals surface area (Å²) in [6.07, 6.45) is 3.48. The minimum Gasteiger partial charge on any atom is -0.357 e. The number of hydrogen-bond acceptors (Lipinski definition) is 4. The molecule has 0 saturated heterocycles. The lowest BCUT2D eigenvalue weighted by molar-refractivity contribution is 0.775. The van der Waals surface area contributed by atoms with E-state index in [4.69, 9.17) is 0 Å². The molecule has 78 valence electrons. The molecular weight excluding hydrogens is 176 g/mol. The predicted molar refractivity (Wildman–Crippen MR) is 58.4 cm³/mol. The number of nitrogens with zero attached hydrogens (tertiary/aromatic N) is 3. The normalized spacial score (nSPS) is 10.2. The van der Waals surface area contributed by atoms with E-state index in [1.54, 1.807) is 6.33 Å². The van der Waals surface area contributed by atoms with E-state index < -0.39 is 0 Å². The Kier molecular flexibility index (Phi) is 4.32. The monoisotopic (exact) mass is 194 g/mol. The molecule has 1 heterocycles. The molecule has 4 heteroatoms. The molecule has 14 heavy (non-hydrogen) atoms. The zero-order valence-electron chi connectivity index (χ0n) is 9.12. The molecule has 0 aliphatic heterocycles. The average molecular weight is 194 g/mol. The van der Waals surface area contributed by atoms with Crippen molar-refractivity contribution < 1.29 is 0 Å². The average Bonchev–Trinajstić information content (AvgIpc) is 2.23. The van der Waals surface area contributed by atoms with Gasteiger partial charge in [0.15, 0.2) is 0 Å². The van der Waals surface area contributed by atoms with Crippen molar-refractivity contribution in [2.75, 3.05) is 25.0 Å². The summed E-state index contributed by atoms with van der Waals surface area (Å²) in [6, 6.07) is 0. The van der Waals surface area contributed by atoms with E-state index in [0.29, 0.717) is 0 Å². The van der Waals surface area contributed by atoms with E-state index in [0.717, 1.165) is 31.0 Å². The molecule has 0 atom stereocenters. The van der Waals surface area contributed by atoms with E-state index in [1.165, 1.54) is 0 Å². The van der Waals surface area contributed by atoms with Gasteiger partial charge < -0.3 is 10.2 Å². The molecule has 0 fully saturated rings. The van der Waals surface area contributed by atoms with Crippen LogP contribution in [-0.4, -0.2) is 30.1 Å². The molecule has 0 radical (unpaired) electrons. The number of rotatable bonds is 5. The molecule has 0 bridgehead atoms. The van der Waals surface area contributed by atoms with Crippen LogP contribution in [0.5, 0.6) is 0 Å². The summed E-state index contributed by atoms with van der Waals surface area (Å²) in [5.41, 5.74) is 1.15. The maximum atomic E-state index is 4.31. The lowest BCUT2D eigenvalue weighted by Gasteiger charge is -2.21. The molecule has 1 aromatic heterocycles. The van der Waals surface area contributed by atoms with Crippen LogP contribution in [0.15, 0.2) is 12.5 Å². The SMILES string of the molecule is CCN(CC)c1ncncc1CNC. The van der Waals surface area contributed by atoms with Crippen LogP contribution in [0.25, 0.3) is 0 Å². The zero-order chi connectivity index (χ0) is 10.4. The van der Waals surface area contributed by atoms with Gasteiger partial charge in [0.1, 0.15) is 12.1 Å². The third-order valence-electron chi connectivity index (χ3n) is 2.19. The maximum absolute atomic E-state index is 4.31. The zero-order valence-corrected chi connectivity index (χ0v) is 9.12. The summed E-state index contributed by atoms with van der Waals surface area (Å²) in [5, 5.41) is 3.12. The van der Waals surface area contributed by atoms with Crippen molar-refractivity contribution in [1.82, 2.24) is 15.3 Å². The van der Waals surface area contributed by atoms with E-state index >= 15 is 0 Å². The second-order valence-corrected chi connectivity index (χ2v) is 3.07. The van der Waals surface area contributed by atoms with Gasteiger partial charge in [-0.25, -0.2) is 9.97 Å². The van der Waals surface area contributed by atoms with Crippen LogP contribution in [0.1, 0.15) is 19.4 Å². The Balaban J connectivity index is 2.92. The molecule has 0 spiro atoms. The molecule has 0 saturated carbocycles. The van der Waals surface area contributed by atoms with Gasteiger partial charge in [-0.15, -0.1) is 0 Å². The minimum absolute atomic E-state index is 0.812. The van der Waals surface area contributed by atoms with Crippen LogP contribution < -0.4 is 10.2 Å². The Morgan fingerprint density at radius 2 is 2.07 bits per heavy atom. The van der Waals surface area contributed by atoms with Gasteiger partial charge in [-0.2, -0.15) is 0 Å². The van der Waals surface area contributed by atoms with Crippen LogP contribution in [0, 0.1) is 0 Å². The fourth-order valence-electron chi connectivity index (χ4n) is 1.48. The lowest BCUT2D eigenvalue weighted by Crippen LogP contribution is -2.25. The largest absolute Gasteiger partial charge is 0.357 e. The van der Waals surface area contributed by atoms with Gasteiger partial charge >= 0.3 is 0 Å². The highest BCUT2D eigenvalue weighted by molar-refractivity contribution is 5.44. The van der Waals surface area contributed by atoms with Crippen molar-refractivity contribution in [3.63, 3.8) is 0 Å². The first-order chi connectivity index (χ1) is 6.83. The molecular formula is C10H18N4. The van der Waals surface area contributed by atoms with Gasteiger partial charge in [-0.3, -0.25) is 0 Å². The lowest BCUT2D eigenvalue weighted by atomic mass is 10.3. The first-order valence-corrected chi connectivity index (χ1v) is 5.01. The van der Waals surface area contributed by atoms with Crippen molar-refractivity contribution in [2.45, 2.75) is 20.4 Å². The van der Waals surface area contributed by atoms with Crippen LogP contribution in [0.2, 0.25) is 0 Å². The second-order valence-electron chi connectivity index (χ2n) is 3.07. The quantitative estimate of drug-likeness (QED) is 0.760. The first-order valence-electron chi connectivity index (χ1n) is 5.01. The number of nitrogens with one attached hydrogen (secondary N) is 1. The predicted octanol–water partition coefficient (Wildman–Crippen LogP) is 1.04. The Bertz CT molecular complexity index is 271. The van der Waals surface area contributed by atoms with Gasteiger partial charge in [0, 0.05) is 31.4 Å². The standard InChI is InChI=1S/C10H18N4/c1-4-14(5-2)10-9(6-11-3)7-12-8-13-10/h7-8,11H,4-6H2,1-3H3. The van der Waals surface area contributed by atoms with Crippen molar-refractivity contribution >= 4 is 5.82 Å². The third-order valence-corrected chi connectivity index (χ3v) is 2.19. The molecule has 4 nitrogen and oxygen atoms in total. The van der Waals surface area contributed by atoms with Crippen LogP contribution in [0.4, 0.5) is 5.82 Å².